The Labute approximate surface area is 92.9 Å². The monoisotopic (exact) mass is 209 g/mol. The molecule has 15 heavy (non-hydrogen) atoms. The van der Waals surface area contributed by atoms with Crippen molar-refractivity contribution in [2.45, 2.75) is 52.6 Å². The molecular formula is C12H23N3. The van der Waals surface area contributed by atoms with Gasteiger partial charge < -0.3 is 5.32 Å². The van der Waals surface area contributed by atoms with Gasteiger partial charge in [0.1, 0.15) is 0 Å². The molecule has 3 nitrogen and oxygen atoms in total. The molecule has 0 amide bonds. The van der Waals surface area contributed by atoms with Crippen molar-refractivity contribution in [3.63, 3.8) is 0 Å². The summed E-state index contributed by atoms with van der Waals surface area (Å²) in [5.41, 5.74) is 1.28. The molecule has 0 bridgehead atoms. The topological polar surface area (TPSA) is 29.9 Å². The standard InChI is InChI=1S/C12H23N3/c1-5-6-7-13-11(4)12-8-14-15(9-12)10(2)3/h8-11,13H,5-7H2,1-4H3. The molecule has 0 aliphatic carbocycles. The SMILES string of the molecule is CCCCNC(C)c1cnn(C(C)C)c1. The van der Waals surface area contributed by atoms with Gasteiger partial charge >= 0.3 is 0 Å². The van der Waals surface area contributed by atoms with E-state index in [4.69, 9.17) is 0 Å². The van der Waals surface area contributed by atoms with Crippen molar-refractivity contribution in [2.75, 3.05) is 6.54 Å². The Morgan fingerprint density at radius 1 is 1.40 bits per heavy atom. The minimum absolute atomic E-state index is 0.407. The highest BCUT2D eigenvalue weighted by Gasteiger charge is 2.07. The second-order valence-electron chi connectivity index (χ2n) is 4.38. The Hall–Kier alpha value is -0.830. The maximum absolute atomic E-state index is 4.34. The molecule has 1 unspecified atom stereocenters. The van der Waals surface area contributed by atoms with Crippen molar-refractivity contribution < 1.29 is 0 Å². The van der Waals surface area contributed by atoms with Gasteiger partial charge in [0.2, 0.25) is 0 Å². The minimum atomic E-state index is 0.407. The maximum Gasteiger partial charge on any atom is 0.0537 e. The van der Waals surface area contributed by atoms with Crippen LogP contribution in [0.3, 0.4) is 0 Å². The normalized spacial score (nSPS) is 13.4. The van der Waals surface area contributed by atoms with Crippen LogP contribution in [0.4, 0.5) is 0 Å². The number of aromatic nitrogens is 2. The largest absolute Gasteiger partial charge is 0.310 e. The smallest absolute Gasteiger partial charge is 0.0537 e. The molecule has 0 fully saturated rings. The Kier molecular flexibility index (Phi) is 4.82. The van der Waals surface area contributed by atoms with Gasteiger partial charge in [0, 0.05) is 23.8 Å². The molecule has 1 rings (SSSR count). The average molecular weight is 209 g/mol. The van der Waals surface area contributed by atoms with Gasteiger partial charge in [0.05, 0.1) is 6.20 Å². The van der Waals surface area contributed by atoms with Gasteiger partial charge in [-0.15, -0.1) is 0 Å². The molecule has 1 aromatic rings. The van der Waals surface area contributed by atoms with E-state index in [2.05, 4.69) is 44.3 Å². The van der Waals surface area contributed by atoms with Crippen LogP contribution in [0.2, 0.25) is 0 Å². The van der Waals surface area contributed by atoms with Crippen LogP contribution in [-0.4, -0.2) is 16.3 Å². The lowest BCUT2D eigenvalue weighted by Crippen LogP contribution is -2.19. The summed E-state index contributed by atoms with van der Waals surface area (Å²) in [6, 6.07) is 0.852. The van der Waals surface area contributed by atoms with E-state index in [0.717, 1.165) is 6.54 Å². The van der Waals surface area contributed by atoms with Crippen molar-refractivity contribution in [3.8, 4) is 0 Å². The second-order valence-corrected chi connectivity index (χ2v) is 4.38. The van der Waals surface area contributed by atoms with E-state index >= 15 is 0 Å². The molecule has 0 radical (unpaired) electrons. The van der Waals surface area contributed by atoms with Gasteiger partial charge in [0.15, 0.2) is 0 Å². The average Bonchev–Trinajstić information content (AvgIpc) is 2.66. The number of unbranched alkanes of at least 4 members (excludes halogenated alkanes) is 1. The van der Waals surface area contributed by atoms with Crippen molar-refractivity contribution in [1.29, 1.82) is 0 Å². The Morgan fingerprint density at radius 2 is 2.13 bits per heavy atom. The van der Waals surface area contributed by atoms with Gasteiger partial charge in [-0.3, -0.25) is 4.68 Å². The number of rotatable bonds is 6. The Morgan fingerprint density at radius 3 is 2.67 bits per heavy atom. The van der Waals surface area contributed by atoms with E-state index in [0.29, 0.717) is 12.1 Å². The first kappa shape index (κ1) is 12.2. The fraction of sp³-hybridized carbons (Fsp3) is 0.750. The lowest BCUT2D eigenvalue weighted by Gasteiger charge is -2.11. The minimum Gasteiger partial charge on any atom is -0.310 e. The van der Waals surface area contributed by atoms with Gasteiger partial charge in [-0.05, 0) is 33.7 Å². The zero-order valence-corrected chi connectivity index (χ0v) is 10.3. The molecule has 0 aliphatic rings. The summed E-state index contributed by atoms with van der Waals surface area (Å²) >= 11 is 0. The quantitative estimate of drug-likeness (QED) is 0.730. The molecule has 0 saturated carbocycles. The van der Waals surface area contributed by atoms with Gasteiger partial charge in [0.25, 0.3) is 0 Å². The molecule has 0 spiro atoms. The number of hydrogen-bond donors (Lipinski definition) is 1. The molecule has 1 N–H and O–H groups in total. The van der Waals surface area contributed by atoms with Crippen LogP contribution in [0.15, 0.2) is 12.4 Å². The highest BCUT2D eigenvalue weighted by Crippen LogP contribution is 2.13. The lowest BCUT2D eigenvalue weighted by molar-refractivity contribution is 0.527. The molecule has 0 saturated heterocycles. The summed E-state index contributed by atoms with van der Waals surface area (Å²) in [6.45, 7) is 9.78. The zero-order chi connectivity index (χ0) is 11.3. The highest BCUT2D eigenvalue weighted by atomic mass is 15.3. The molecule has 0 aliphatic heterocycles. The summed E-state index contributed by atoms with van der Waals surface area (Å²) in [7, 11) is 0. The van der Waals surface area contributed by atoms with E-state index in [1.807, 2.05) is 10.9 Å². The third-order valence-electron chi connectivity index (χ3n) is 2.63. The predicted octanol–water partition coefficient (Wildman–Crippen LogP) is 2.91. The van der Waals surface area contributed by atoms with Crippen LogP contribution in [0.25, 0.3) is 0 Å². The fourth-order valence-corrected chi connectivity index (χ4v) is 1.47. The van der Waals surface area contributed by atoms with Crippen LogP contribution >= 0.6 is 0 Å². The van der Waals surface area contributed by atoms with E-state index in [1.165, 1.54) is 18.4 Å². The van der Waals surface area contributed by atoms with Crippen LogP contribution in [0.1, 0.15) is 58.2 Å². The summed E-state index contributed by atoms with van der Waals surface area (Å²) in [6.07, 6.45) is 6.57. The van der Waals surface area contributed by atoms with E-state index in [1.54, 1.807) is 0 Å². The molecular weight excluding hydrogens is 186 g/mol. The van der Waals surface area contributed by atoms with Gasteiger partial charge in [-0.1, -0.05) is 13.3 Å². The van der Waals surface area contributed by atoms with Crippen LogP contribution in [0, 0.1) is 0 Å². The van der Waals surface area contributed by atoms with Crippen molar-refractivity contribution in [2.24, 2.45) is 0 Å². The number of nitrogens with zero attached hydrogens (tertiary/aromatic N) is 2. The van der Waals surface area contributed by atoms with Crippen molar-refractivity contribution >= 4 is 0 Å². The van der Waals surface area contributed by atoms with Gasteiger partial charge in [-0.2, -0.15) is 5.10 Å². The molecule has 1 aromatic heterocycles. The van der Waals surface area contributed by atoms with Crippen LogP contribution in [-0.2, 0) is 0 Å². The molecule has 86 valence electrons. The van der Waals surface area contributed by atoms with E-state index in [9.17, 15) is 0 Å². The zero-order valence-electron chi connectivity index (χ0n) is 10.3. The summed E-state index contributed by atoms with van der Waals surface area (Å²) in [5, 5.41) is 7.84. The van der Waals surface area contributed by atoms with E-state index in [-0.39, 0.29) is 0 Å². The summed E-state index contributed by atoms with van der Waals surface area (Å²) < 4.78 is 2.01. The summed E-state index contributed by atoms with van der Waals surface area (Å²) in [4.78, 5) is 0. The first-order chi connectivity index (χ1) is 7.15. The van der Waals surface area contributed by atoms with Gasteiger partial charge in [-0.25, -0.2) is 0 Å². The predicted molar refractivity (Wildman–Crippen MR) is 63.9 cm³/mol. The third-order valence-corrected chi connectivity index (χ3v) is 2.63. The molecule has 0 aromatic carbocycles. The highest BCUT2D eigenvalue weighted by molar-refractivity contribution is 5.09. The van der Waals surface area contributed by atoms with Crippen LogP contribution in [0.5, 0.6) is 0 Å². The van der Waals surface area contributed by atoms with Crippen LogP contribution < -0.4 is 5.32 Å². The first-order valence-electron chi connectivity index (χ1n) is 5.92. The van der Waals surface area contributed by atoms with Crippen molar-refractivity contribution in [1.82, 2.24) is 15.1 Å². The first-order valence-corrected chi connectivity index (χ1v) is 5.92. The fourth-order valence-electron chi connectivity index (χ4n) is 1.47. The van der Waals surface area contributed by atoms with E-state index < -0.39 is 0 Å². The van der Waals surface area contributed by atoms with Crippen molar-refractivity contribution in [3.05, 3.63) is 18.0 Å². The Bertz CT molecular complexity index is 278. The lowest BCUT2D eigenvalue weighted by atomic mass is 10.2. The molecule has 3 heteroatoms. The number of hydrogen-bond acceptors (Lipinski definition) is 2. The molecule has 1 heterocycles. The summed E-state index contributed by atoms with van der Waals surface area (Å²) in [5.74, 6) is 0. The second kappa shape index (κ2) is 5.91. The molecule has 1 atom stereocenters. The Balaban J connectivity index is 2.47. The number of nitrogens with one attached hydrogen (secondary N) is 1. The maximum atomic E-state index is 4.34. The third kappa shape index (κ3) is 3.67.